The second kappa shape index (κ2) is 5.95. The van der Waals surface area contributed by atoms with Gasteiger partial charge in [-0.05, 0) is 36.5 Å². The van der Waals surface area contributed by atoms with Gasteiger partial charge in [0.05, 0.1) is 6.10 Å². The number of piperidine rings is 1. The summed E-state index contributed by atoms with van der Waals surface area (Å²) in [7, 11) is 0. The van der Waals surface area contributed by atoms with Gasteiger partial charge in [0.2, 0.25) is 5.95 Å². The molecule has 28 heavy (non-hydrogen) atoms. The fraction of sp³-hybridized carbons (Fsp3) is 0.722. The Balaban J connectivity index is 1.48. The summed E-state index contributed by atoms with van der Waals surface area (Å²) < 4.78 is 41.4. The topological polar surface area (TPSA) is 89.8 Å². The van der Waals surface area contributed by atoms with Crippen LogP contribution in [0.4, 0.5) is 24.9 Å². The molecule has 2 unspecified atom stereocenters. The quantitative estimate of drug-likeness (QED) is 0.781. The number of hydrogen-bond acceptors (Lipinski definition) is 6. The van der Waals surface area contributed by atoms with Crippen molar-refractivity contribution in [1.29, 1.82) is 0 Å². The van der Waals surface area contributed by atoms with Gasteiger partial charge in [0.15, 0.2) is 5.69 Å². The van der Waals surface area contributed by atoms with Crippen molar-refractivity contribution in [2.24, 2.45) is 17.8 Å². The smallest absolute Gasteiger partial charge is 0.433 e. The van der Waals surface area contributed by atoms with Crippen LogP contribution in [0.3, 0.4) is 0 Å². The first-order valence-electron chi connectivity index (χ1n) is 9.61. The number of halogens is 3. The summed E-state index contributed by atoms with van der Waals surface area (Å²) in [5, 5.41) is 18.5. The van der Waals surface area contributed by atoms with Crippen LogP contribution in [0.15, 0.2) is 0 Å². The number of anilines is 2. The van der Waals surface area contributed by atoms with E-state index >= 15 is 0 Å². The number of carbonyl (C=O) groups is 1. The molecule has 0 amide bonds. The number of rotatable bonds is 5. The first-order valence-corrected chi connectivity index (χ1v) is 9.61. The molecule has 2 saturated heterocycles. The van der Waals surface area contributed by atoms with Crippen LogP contribution in [-0.4, -0.2) is 58.4 Å². The molecular formula is C18H21F3N4O3. The Morgan fingerprint density at radius 1 is 1.07 bits per heavy atom. The molecule has 2 N–H and O–H groups in total. The van der Waals surface area contributed by atoms with Crippen LogP contribution in [0.1, 0.15) is 36.4 Å². The maximum Gasteiger partial charge on any atom is 0.433 e. The summed E-state index contributed by atoms with van der Waals surface area (Å²) in [6, 6.07) is 0. The van der Waals surface area contributed by atoms with Crippen molar-refractivity contribution < 1.29 is 28.2 Å². The predicted octanol–water partition coefficient (Wildman–Crippen LogP) is 1.71. The van der Waals surface area contributed by atoms with Crippen molar-refractivity contribution in [3.05, 3.63) is 11.3 Å². The van der Waals surface area contributed by atoms with E-state index in [9.17, 15) is 23.1 Å². The highest BCUT2D eigenvalue weighted by molar-refractivity contribution is 5.68. The predicted molar refractivity (Wildman–Crippen MR) is 92.2 cm³/mol. The van der Waals surface area contributed by atoms with Gasteiger partial charge < -0.3 is 20.0 Å². The summed E-state index contributed by atoms with van der Waals surface area (Å²) in [5.74, 6) is -0.100. The monoisotopic (exact) mass is 398 g/mol. The molecule has 2 saturated carbocycles. The van der Waals surface area contributed by atoms with Gasteiger partial charge in [-0.3, -0.25) is 4.79 Å². The molecule has 152 valence electrons. The van der Waals surface area contributed by atoms with Gasteiger partial charge in [0, 0.05) is 38.2 Å². The van der Waals surface area contributed by atoms with Crippen molar-refractivity contribution in [1.82, 2.24) is 9.97 Å². The van der Waals surface area contributed by atoms with Crippen LogP contribution in [0.5, 0.6) is 0 Å². The summed E-state index contributed by atoms with van der Waals surface area (Å²) >= 11 is 0. The molecule has 1 aromatic rings. The van der Waals surface area contributed by atoms with Crippen molar-refractivity contribution in [3.8, 4) is 0 Å². The fourth-order valence-electron chi connectivity index (χ4n) is 4.74. The Morgan fingerprint density at radius 2 is 1.71 bits per heavy atom. The number of aliphatic carboxylic acids is 1. The second-order valence-electron chi connectivity index (χ2n) is 8.43. The third-order valence-corrected chi connectivity index (χ3v) is 6.39. The molecule has 3 heterocycles. The molecule has 2 aliphatic carbocycles. The summed E-state index contributed by atoms with van der Waals surface area (Å²) in [6.07, 6.45) is -3.62. The zero-order valence-corrected chi connectivity index (χ0v) is 15.1. The molecular weight excluding hydrogens is 377 g/mol. The second-order valence-corrected chi connectivity index (χ2v) is 8.43. The maximum absolute atomic E-state index is 13.8. The van der Waals surface area contributed by atoms with Gasteiger partial charge in [-0.25, -0.2) is 4.98 Å². The highest BCUT2D eigenvalue weighted by atomic mass is 19.4. The van der Waals surface area contributed by atoms with Crippen molar-refractivity contribution in [2.75, 3.05) is 36.0 Å². The average Bonchev–Trinajstić information content (AvgIpc) is 3.48. The number of aromatic nitrogens is 2. The summed E-state index contributed by atoms with van der Waals surface area (Å²) in [4.78, 5) is 22.7. The molecule has 7 nitrogen and oxygen atoms in total. The van der Waals surface area contributed by atoms with Gasteiger partial charge in [0.25, 0.3) is 0 Å². The van der Waals surface area contributed by atoms with E-state index in [2.05, 4.69) is 9.97 Å². The maximum atomic E-state index is 13.8. The van der Waals surface area contributed by atoms with Gasteiger partial charge in [-0.15, -0.1) is 0 Å². The van der Waals surface area contributed by atoms with Gasteiger partial charge >= 0.3 is 12.1 Å². The minimum Gasteiger partial charge on any atom is -0.481 e. The largest absolute Gasteiger partial charge is 0.481 e. The number of nitrogens with zero attached hydrogens (tertiary/aromatic N) is 4. The lowest BCUT2D eigenvalue weighted by Gasteiger charge is -2.37. The Bertz CT molecular complexity index is 811. The minimum absolute atomic E-state index is 0.0136. The number of β-amino-alcohol motifs (C(OH)–C–C–N with tert-alkyl or cyclic N) is 1. The molecule has 1 aromatic heterocycles. The number of carboxylic acid groups (broad SMARTS) is 1. The normalized spacial score (nSPS) is 29.6. The molecule has 5 rings (SSSR count). The van der Waals surface area contributed by atoms with E-state index in [1.54, 1.807) is 4.90 Å². The molecule has 0 bridgehead atoms. The van der Waals surface area contributed by atoms with Gasteiger partial charge in [0.1, 0.15) is 5.82 Å². The Morgan fingerprint density at radius 3 is 2.21 bits per heavy atom. The summed E-state index contributed by atoms with van der Waals surface area (Å²) in [6.45, 7) is 1.54. The number of alkyl halides is 3. The Hall–Kier alpha value is -2.10. The molecule has 10 heteroatoms. The van der Waals surface area contributed by atoms with E-state index in [4.69, 9.17) is 5.11 Å². The third kappa shape index (κ3) is 2.98. The van der Waals surface area contributed by atoms with E-state index in [1.807, 2.05) is 4.90 Å². The molecule has 0 aromatic carbocycles. The molecule has 2 atom stereocenters. The van der Waals surface area contributed by atoms with Crippen LogP contribution < -0.4 is 9.80 Å². The number of aliphatic hydroxyl groups excluding tert-OH is 1. The average molecular weight is 398 g/mol. The molecule has 2 aliphatic heterocycles. The van der Waals surface area contributed by atoms with E-state index in [0.717, 1.165) is 0 Å². The van der Waals surface area contributed by atoms with Gasteiger partial charge in [-0.1, -0.05) is 0 Å². The molecule has 4 aliphatic rings. The lowest BCUT2D eigenvalue weighted by atomic mass is 10.1. The lowest BCUT2D eigenvalue weighted by molar-refractivity contribution is -0.142. The van der Waals surface area contributed by atoms with Crippen LogP contribution >= 0.6 is 0 Å². The van der Waals surface area contributed by atoms with Crippen LogP contribution in [-0.2, 0) is 11.0 Å². The minimum atomic E-state index is -4.57. The standard InChI is InChI=1S/C18H21F3N4O3/c19-18(20,21)15-14(8-1-2-8)16(23-17(22-15)25-4-9(26)5-25)24-6-11-10(3-13(27)28)12(11)7-24/h8-12,26H,1-7H2,(H,27,28). The number of carboxylic acids is 1. The van der Waals surface area contributed by atoms with Crippen LogP contribution in [0, 0.1) is 17.8 Å². The number of aliphatic hydroxyl groups is 1. The molecule has 0 spiro atoms. The van der Waals surface area contributed by atoms with Crippen LogP contribution in [0.25, 0.3) is 0 Å². The zero-order chi connectivity index (χ0) is 19.8. The van der Waals surface area contributed by atoms with E-state index in [0.29, 0.717) is 31.7 Å². The first kappa shape index (κ1) is 18.0. The highest BCUT2D eigenvalue weighted by Crippen LogP contribution is 2.56. The highest BCUT2D eigenvalue weighted by Gasteiger charge is 2.57. The number of hydrogen-bond donors (Lipinski definition) is 2. The first-order chi connectivity index (χ1) is 13.2. The Labute approximate surface area is 159 Å². The number of fused-ring (bicyclic) bond motifs is 1. The van der Waals surface area contributed by atoms with Crippen molar-refractivity contribution in [3.63, 3.8) is 0 Å². The van der Waals surface area contributed by atoms with Crippen molar-refractivity contribution >= 4 is 17.7 Å². The van der Waals surface area contributed by atoms with Crippen LogP contribution in [0.2, 0.25) is 0 Å². The SMILES string of the molecule is O=C(O)CC1C2CN(c3nc(N4CC(O)C4)nc(C(F)(F)F)c3C3CC3)CC12. The zero-order valence-electron chi connectivity index (χ0n) is 15.1. The summed E-state index contributed by atoms with van der Waals surface area (Å²) in [5.41, 5.74) is -0.674. The molecule has 0 radical (unpaired) electrons. The van der Waals surface area contributed by atoms with Gasteiger partial charge in [-0.2, -0.15) is 18.2 Å². The third-order valence-electron chi connectivity index (χ3n) is 6.39. The van der Waals surface area contributed by atoms with Crippen molar-refractivity contribution in [2.45, 2.75) is 37.5 Å². The Kier molecular flexibility index (Phi) is 3.82. The van der Waals surface area contributed by atoms with E-state index in [-0.39, 0.29) is 54.7 Å². The lowest BCUT2D eigenvalue weighted by Crippen LogP contribution is -2.51. The van der Waals surface area contributed by atoms with E-state index in [1.165, 1.54) is 0 Å². The molecule has 4 fully saturated rings. The van der Waals surface area contributed by atoms with E-state index < -0.39 is 23.9 Å². The fourth-order valence-corrected chi connectivity index (χ4v) is 4.74.